The van der Waals surface area contributed by atoms with Crippen molar-refractivity contribution in [3.63, 3.8) is 0 Å². The summed E-state index contributed by atoms with van der Waals surface area (Å²) in [5.74, 6) is -1.64. The molecular formula is C42H74NO7+. The van der Waals surface area contributed by atoms with E-state index < -0.39 is 18.1 Å². The molecule has 0 aromatic rings. The van der Waals surface area contributed by atoms with Crippen molar-refractivity contribution >= 4 is 17.9 Å². The number of allylic oxidation sites excluding steroid dienone is 8. The molecule has 2 unspecified atom stereocenters. The second kappa shape index (κ2) is 33.4. The van der Waals surface area contributed by atoms with Gasteiger partial charge in [0.05, 0.1) is 34.4 Å². The highest BCUT2D eigenvalue weighted by atomic mass is 16.6. The lowest BCUT2D eigenvalue weighted by Crippen LogP contribution is -2.50. The van der Waals surface area contributed by atoms with Crippen molar-refractivity contribution < 1.29 is 38.2 Å². The summed E-state index contributed by atoms with van der Waals surface area (Å²) in [7, 11) is 5.48. The number of hydrogen-bond acceptors (Lipinski definition) is 6. The molecule has 2 atom stereocenters. The molecule has 8 nitrogen and oxygen atoms in total. The van der Waals surface area contributed by atoms with Crippen LogP contribution in [0.25, 0.3) is 0 Å². The number of nitrogens with zero attached hydrogens (tertiary/aromatic N) is 1. The van der Waals surface area contributed by atoms with Crippen LogP contribution >= 0.6 is 0 Å². The molecule has 0 bridgehead atoms. The first-order valence-corrected chi connectivity index (χ1v) is 19.7. The van der Waals surface area contributed by atoms with Gasteiger partial charge in [-0.1, -0.05) is 127 Å². The number of carboxylic acid groups (broad SMARTS) is 1. The van der Waals surface area contributed by atoms with Crippen LogP contribution in [-0.4, -0.2) is 80.6 Å². The molecule has 50 heavy (non-hydrogen) atoms. The van der Waals surface area contributed by atoms with E-state index in [4.69, 9.17) is 14.2 Å². The Balaban J connectivity index is 4.58. The average Bonchev–Trinajstić information content (AvgIpc) is 3.06. The number of aliphatic carboxylic acids is 1. The second-order valence-corrected chi connectivity index (χ2v) is 14.2. The van der Waals surface area contributed by atoms with E-state index in [1.807, 2.05) is 33.3 Å². The van der Waals surface area contributed by atoms with Gasteiger partial charge in [-0.25, -0.2) is 4.79 Å². The van der Waals surface area contributed by atoms with Crippen molar-refractivity contribution in [3.8, 4) is 0 Å². The van der Waals surface area contributed by atoms with Gasteiger partial charge in [-0.15, -0.1) is 0 Å². The maximum atomic E-state index is 12.6. The Morgan fingerprint density at radius 1 is 0.600 bits per heavy atom. The molecule has 0 heterocycles. The van der Waals surface area contributed by atoms with Crippen molar-refractivity contribution in [2.75, 3.05) is 41.0 Å². The monoisotopic (exact) mass is 705 g/mol. The van der Waals surface area contributed by atoms with Crippen molar-refractivity contribution in [2.45, 2.75) is 161 Å². The maximum absolute atomic E-state index is 12.6. The molecule has 0 saturated heterocycles. The Bertz CT molecular complexity index is 964. The van der Waals surface area contributed by atoms with E-state index >= 15 is 0 Å². The topological polar surface area (TPSA) is 99.1 Å². The third kappa shape index (κ3) is 31.3. The molecule has 0 spiro atoms. The summed E-state index contributed by atoms with van der Waals surface area (Å²) in [6.45, 7) is 4.57. The summed E-state index contributed by atoms with van der Waals surface area (Å²) >= 11 is 0. The van der Waals surface area contributed by atoms with Crippen LogP contribution in [0.5, 0.6) is 0 Å². The summed E-state index contributed by atoms with van der Waals surface area (Å²) in [6, 6.07) is -0.630. The number of ether oxygens (including phenoxy) is 3. The van der Waals surface area contributed by atoms with Gasteiger partial charge in [-0.2, -0.15) is 0 Å². The molecule has 8 heteroatoms. The van der Waals surface area contributed by atoms with Gasteiger partial charge in [0.15, 0.2) is 12.1 Å². The number of hydrogen-bond donors (Lipinski definition) is 1. The Morgan fingerprint density at radius 3 is 1.54 bits per heavy atom. The molecule has 0 aliphatic carbocycles. The van der Waals surface area contributed by atoms with E-state index in [1.165, 1.54) is 77.0 Å². The van der Waals surface area contributed by atoms with Crippen molar-refractivity contribution in [1.29, 1.82) is 0 Å². The molecule has 0 aliphatic heterocycles. The number of carbonyl (C=O) groups is 3. The van der Waals surface area contributed by atoms with Gasteiger partial charge >= 0.3 is 17.9 Å². The van der Waals surface area contributed by atoms with Crippen LogP contribution in [0.3, 0.4) is 0 Å². The predicted octanol–water partition coefficient (Wildman–Crippen LogP) is 10.1. The molecule has 0 aliphatic rings. The number of rotatable bonds is 34. The molecule has 0 aromatic heterocycles. The lowest BCUT2D eigenvalue weighted by Gasteiger charge is -2.31. The second-order valence-electron chi connectivity index (χ2n) is 14.2. The molecule has 0 radical (unpaired) electrons. The SMILES string of the molecule is CCCCCCCC/C=C/C/C=C/CCC(=O)OCC(COCCC(C(=O)O)[N+](C)(C)C)OC(=O)CC/C=C/C/C=C/CCCCCCCC. The van der Waals surface area contributed by atoms with E-state index in [9.17, 15) is 19.5 Å². The van der Waals surface area contributed by atoms with Crippen molar-refractivity contribution in [2.24, 2.45) is 0 Å². The van der Waals surface area contributed by atoms with Gasteiger partial charge in [0.2, 0.25) is 0 Å². The van der Waals surface area contributed by atoms with E-state index in [1.54, 1.807) is 0 Å². The molecule has 288 valence electrons. The fraction of sp³-hybridized carbons (Fsp3) is 0.738. The van der Waals surface area contributed by atoms with Crippen molar-refractivity contribution in [3.05, 3.63) is 48.6 Å². The van der Waals surface area contributed by atoms with E-state index in [-0.39, 0.29) is 49.1 Å². The van der Waals surface area contributed by atoms with Crippen LogP contribution in [-0.2, 0) is 28.6 Å². The van der Waals surface area contributed by atoms with Crippen LogP contribution < -0.4 is 0 Å². The summed E-state index contributed by atoms with van der Waals surface area (Å²) < 4.78 is 17.1. The minimum absolute atomic E-state index is 0.0206. The van der Waals surface area contributed by atoms with Crippen LogP contribution in [0, 0.1) is 0 Å². The number of likely N-dealkylation sites (N-methyl/N-ethyl adjacent to an activating group) is 1. The van der Waals surface area contributed by atoms with Gasteiger partial charge < -0.3 is 23.8 Å². The van der Waals surface area contributed by atoms with Gasteiger partial charge in [0, 0.05) is 19.3 Å². The molecule has 0 fully saturated rings. The van der Waals surface area contributed by atoms with Gasteiger partial charge in [0.1, 0.15) is 6.61 Å². The number of unbranched alkanes of at least 4 members (excludes halogenated alkanes) is 12. The third-order valence-electron chi connectivity index (χ3n) is 8.48. The van der Waals surface area contributed by atoms with Crippen LogP contribution in [0.4, 0.5) is 0 Å². The summed E-state index contributed by atoms with van der Waals surface area (Å²) in [4.78, 5) is 36.7. The lowest BCUT2D eigenvalue weighted by atomic mass is 10.1. The van der Waals surface area contributed by atoms with E-state index in [0.29, 0.717) is 19.3 Å². The normalized spacial score (nSPS) is 13.5. The predicted molar refractivity (Wildman–Crippen MR) is 206 cm³/mol. The zero-order valence-corrected chi connectivity index (χ0v) is 32.6. The Labute approximate surface area is 306 Å². The minimum Gasteiger partial charge on any atom is -0.477 e. The quantitative estimate of drug-likeness (QED) is 0.0308. The van der Waals surface area contributed by atoms with Gasteiger partial charge in [-0.3, -0.25) is 9.59 Å². The fourth-order valence-corrected chi connectivity index (χ4v) is 5.37. The van der Waals surface area contributed by atoms with Crippen LogP contribution in [0.1, 0.15) is 149 Å². The van der Waals surface area contributed by atoms with E-state index in [2.05, 4.69) is 50.3 Å². The van der Waals surface area contributed by atoms with Gasteiger partial charge in [-0.05, 0) is 51.4 Å². The minimum atomic E-state index is -0.891. The first-order valence-electron chi connectivity index (χ1n) is 19.7. The highest BCUT2D eigenvalue weighted by molar-refractivity contribution is 5.72. The molecule has 0 amide bonds. The molecular weight excluding hydrogens is 630 g/mol. The molecule has 0 rings (SSSR count). The molecule has 0 aromatic carbocycles. The molecule has 0 saturated carbocycles. The smallest absolute Gasteiger partial charge is 0.362 e. The Morgan fingerprint density at radius 2 is 1.06 bits per heavy atom. The van der Waals surface area contributed by atoms with E-state index in [0.717, 1.165) is 25.7 Å². The number of esters is 2. The zero-order chi connectivity index (χ0) is 37.1. The Hall–Kier alpha value is -2.71. The maximum Gasteiger partial charge on any atom is 0.362 e. The average molecular weight is 705 g/mol. The van der Waals surface area contributed by atoms with Gasteiger partial charge in [0.25, 0.3) is 0 Å². The summed E-state index contributed by atoms with van der Waals surface area (Å²) in [6.07, 6.45) is 37.5. The van der Waals surface area contributed by atoms with Crippen molar-refractivity contribution in [1.82, 2.24) is 0 Å². The molecule has 1 N–H and O–H groups in total. The van der Waals surface area contributed by atoms with Crippen LogP contribution in [0.15, 0.2) is 48.6 Å². The summed E-state index contributed by atoms with van der Waals surface area (Å²) in [5, 5.41) is 9.58. The van der Waals surface area contributed by atoms with Crippen LogP contribution in [0.2, 0.25) is 0 Å². The first-order chi connectivity index (χ1) is 24.1. The lowest BCUT2D eigenvalue weighted by molar-refractivity contribution is -0.887. The Kier molecular flexibility index (Phi) is 31.6. The third-order valence-corrected chi connectivity index (χ3v) is 8.48. The highest BCUT2D eigenvalue weighted by Crippen LogP contribution is 2.11. The number of quaternary nitrogens is 1. The number of carbonyl (C=O) groups excluding carboxylic acids is 2. The first kappa shape index (κ1) is 47.3. The summed E-state index contributed by atoms with van der Waals surface area (Å²) in [5.41, 5.74) is 0. The number of carboxylic acids is 1. The highest BCUT2D eigenvalue weighted by Gasteiger charge is 2.31. The standard InChI is InChI=1S/C42H73NO7/c1-6-8-10-12-14-16-18-20-22-24-26-28-30-32-40(44)49-37-38(36-48-35-34-39(42(46)47)43(3,4)5)50-41(45)33-31-29-27-25-23-21-19-17-15-13-11-9-7-2/h20-23,26-29,38-39H,6-19,24-25,30-37H2,1-5H3/p+1/b22-20+,23-21+,28-26+,29-27+. The zero-order valence-electron chi connectivity index (χ0n) is 32.6. The largest absolute Gasteiger partial charge is 0.477 e. The fourth-order valence-electron chi connectivity index (χ4n) is 5.37.